The van der Waals surface area contributed by atoms with Gasteiger partial charge in [-0.1, -0.05) is 25.1 Å². The van der Waals surface area contributed by atoms with Crippen molar-refractivity contribution in [3.8, 4) is 0 Å². The Balaban J connectivity index is 2.36. The number of rotatable bonds is 1. The molecular formula is C15H14N2. The van der Waals surface area contributed by atoms with E-state index in [2.05, 4.69) is 36.2 Å². The van der Waals surface area contributed by atoms with Gasteiger partial charge in [0.25, 0.3) is 0 Å². The number of nitrogens with two attached hydrogens (primary N) is 1. The summed E-state index contributed by atoms with van der Waals surface area (Å²) in [6.07, 6.45) is 1.03. The minimum absolute atomic E-state index is 0.760. The van der Waals surface area contributed by atoms with Crippen LogP contribution in [0, 0.1) is 0 Å². The molecule has 84 valence electrons. The zero-order chi connectivity index (χ0) is 11.8. The average Bonchev–Trinajstić information content (AvgIpc) is 2.35. The molecule has 0 unspecified atom stereocenters. The minimum atomic E-state index is 0.760. The standard InChI is InChI=1S/C15H14N2/c1-2-10-3-4-11-8-12-5-6-13(16)9-15(12)17-14(11)7-10/h3-9H,2,16H2,1H3. The lowest BCUT2D eigenvalue weighted by Crippen LogP contribution is -1.88. The van der Waals surface area contributed by atoms with Gasteiger partial charge in [-0.2, -0.15) is 0 Å². The predicted octanol–water partition coefficient (Wildman–Crippen LogP) is 3.53. The summed E-state index contributed by atoms with van der Waals surface area (Å²) < 4.78 is 0. The Morgan fingerprint density at radius 3 is 2.41 bits per heavy atom. The second-order valence-corrected chi connectivity index (χ2v) is 4.32. The van der Waals surface area contributed by atoms with Crippen LogP contribution in [0.2, 0.25) is 0 Å². The van der Waals surface area contributed by atoms with E-state index in [-0.39, 0.29) is 0 Å². The van der Waals surface area contributed by atoms with Crippen LogP contribution < -0.4 is 5.73 Å². The van der Waals surface area contributed by atoms with Gasteiger partial charge < -0.3 is 5.73 Å². The van der Waals surface area contributed by atoms with Gasteiger partial charge in [-0.05, 0) is 36.2 Å². The van der Waals surface area contributed by atoms with E-state index in [0.717, 1.165) is 28.5 Å². The van der Waals surface area contributed by atoms with Crippen molar-refractivity contribution in [1.29, 1.82) is 0 Å². The minimum Gasteiger partial charge on any atom is -0.399 e. The monoisotopic (exact) mass is 222 g/mol. The summed E-state index contributed by atoms with van der Waals surface area (Å²) in [5.41, 5.74) is 9.86. The Bertz CT molecular complexity index is 702. The largest absolute Gasteiger partial charge is 0.399 e. The molecule has 2 N–H and O–H groups in total. The summed E-state index contributed by atoms with van der Waals surface area (Å²) >= 11 is 0. The van der Waals surface area contributed by atoms with Gasteiger partial charge in [0.15, 0.2) is 0 Å². The zero-order valence-electron chi connectivity index (χ0n) is 9.77. The van der Waals surface area contributed by atoms with E-state index < -0.39 is 0 Å². The van der Waals surface area contributed by atoms with E-state index in [1.807, 2.05) is 18.2 Å². The molecule has 0 saturated carbocycles. The van der Waals surface area contributed by atoms with Crippen molar-refractivity contribution in [3.63, 3.8) is 0 Å². The maximum atomic E-state index is 5.78. The molecule has 3 aromatic rings. The number of hydrogen-bond donors (Lipinski definition) is 1. The fourth-order valence-electron chi connectivity index (χ4n) is 2.10. The molecule has 2 heteroatoms. The highest BCUT2D eigenvalue weighted by Crippen LogP contribution is 2.22. The molecule has 3 rings (SSSR count). The molecule has 0 saturated heterocycles. The highest BCUT2D eigenvalue weighted by molar-refractivity contribution is 5.93. The summed E-state index contributed by atoms with van der Waals surface area (Å²) in [6.45, 7) is 2.15. The lowest BCUT2D eigenvalue weighted by atomic mass is 10.1. The molecule has 0 aliphatic carbocycles. The first kappa shape index (κ1) is 10.1. The number of aromatic nitrogens is 1. The van der Waals surface area contributed by atoms with E-state index in [0.29, 0.717) is 0 Å². The number of fused-ring (bicyclic) bond motifs is 2. The Hall–Kier alpha value is -2.09. The molecule has 0 aliphatic rings. The third-order valence-electron chi connectivity index (χ3n) is 3.11. The van der Waals surface area contributed by atoms with Gasteiger partial charge in [0.2, 0.25) is 0 Å². The van der Waals surface area contributed by atoms with Crippen LogP contribution in [0.25, 0.3) is 21.8 Å². The van der Waals surface area contributed by atoms with E-state index in [4.69, 9.17) is 5.73 Å². The first-order valence-corrected chi connectivity index (χ1v) is 5.85. The quantitative estimate of drug-likeness (QED) is 0.505. The normalized spacial score (nSPS) is 11.1. The molecular weight excluding hydrogens is 208 g/mol. The highest BCUT2D eigenvalue weighted by Gasteiger charge is 2.01. The summed E-state index contributed by atoms with van der Waals surface area (Å²) in [5.74, 6) is 0. The molecule has 1 heterocycles. The van der Waals surface area contributed by atoms with Crippen molar-refractivity contribution >= 4 is 27.5 Å². The van der Waals surface area contributed by atoms with Crippen molar-refractivity contribution in [2.75, 3.05) is 5.73 Å². The maximum absolute atomic E-state index is 5.78. The number of nitrogens with zero attached hydrogens (tertiary/aromatic N) is 1. The van der Waals surface area contributed by atoms with Gasteiger partial charge in [0.05, 0.1) is 11.0 Å². The molecule has 0 aliphatic heterocycles. The van der Waals surface area contributed by atoms with Crippen LogP contribution in [0.3, 0.4) is 0 Å². The van der Waals surface area contributed by atoms with Crippen LogP contribution in [-0.4, -0.2) is 4.98 Å². The lowest BCUT2D eigenvalue weighted by molar-refractivity contribution is 1.14. The molecule has 0 amide bonds. The van der Waals surface area contributed by atoms with Gasteiger partial charge in [0, 0.05) is 16.5 Å². The van der Waals surface area contributed by atoms with Crippen LogP contribution in [0.15, 0.2) is 42.5 Å². The van der Waals surface area contributed by atoms with E-state index in [1.54, 1.807) is 0 Å². The van der Waals surface area contributed by atoms with Crippen molar-refractivity contribution in [2.24, 2.45) is 0 Å². The summed E-state index contributed by atoms with van der Waals surface area (Å²) in [7, 11) is 0. The smallest absolute Gasteiger partial charge is 0.0730 e. The number of nitrogen functional groups attached to an aromatic ring is 1. The van der Waals surface area contributed by atoms with Crippen LogP contribution >= 0.6 is 0 Å². The Labute approximate surface area is 100 Å². The molecule has 2 nitrogen and oxygen atoms in total. The van der Waals surface area contributed by atoms with Crippen molar-refractivity contribution in [1.82, 2.24) is 4.98 Å². The molecule has 0 radical (unpaired) electrons. The van der Waals surface area contributed by atoms with Gasteiger partial charge in [-0.15, -0.1) is 0 Å². The number of aryl methyl sites for hydroxylation is 1. The summed E-state index contributed by atoms with van der Waals surface area (Å²) in [5, 5.41) is 2.32. The first-order valence-electron chi connectivity index (χ1n) is 5.85. The fourth-order valence-corrected chi connectivity index (χ4v) is 2.10. The number of pyridine rings is 1. The van der Waals surface area contributed by atoms with Crippen LogP contribution in [0.1, 0.15) is 12.5 Å². The number of hydrogen-bond acceptors (Lipinski definition) is 2. The Kier molecular flexibility index (Phi) is 2.22. The highest BCUT2D eigenvalue weighted by atomic mass is 14.7. The Morgan fingerprint density at radius 2 is 1.65 bits per heavy atom. The lowest BCUT2D eigenvalue weighted by Gasteiger charge is -2.04. The summed E-state index contributed by atoms with van der Waals surface area (Å²) in [6, 6.07) is 14.5. The molecule has 1 aromatic heterocycles. The van der Waals surface area contributed by atoms with Gasteiger partial charge in [-0.25, -0.2) is 4.98 Å². The van der Waals surface area contributed by atoms with Crippen LogP contribution in [0.5, 0.6) is 0 Å². The molecule has 2 aromatic carbocycles. The SMILES string of the molecule is CCc1ccc2cc3ccc(N)cc3nc2c1. The Morgan fingerprint density at radius 1 is 0.941 bits per heavy atom. The second kappa shape index (κ2) is 3.74. The average molecular weight is 222 g/mol. The van der Waals surface area contributed by atoms with Crippen molar-refractivity contribution in [3.05, 3.63) is 48.0 Å². The van der Waals surface area contributed by atoms with Gasteiger partial charge in [-0.3, -0.25) is 0 Å². The summed E-state index contributed by atoms with van der Waals surface area (Å²) in [4.78, 5) is 4.67. The number of anilines is 1. The molecule has 0 bridgehead atoms. The van der Waals surface area contributed by atoms with Gasteiger partial charge in [0.1, 0.15) is 0 Å². The van der Waals surface area contributed by atoms with Crippen molar-refractivity contribution < 1.29 is 0 Å². The van der Waals surface area contributed by atoms with E-state index in [1.165, 1.54) is 10.9 Å². The predicted molar refractivity (Wildman–Crippen MR) is 73.0 cm³/mol. The van der Waals surface area contributed by atoms with Crippen LogP contribution in [0.4, 0.5) is 5.69 Å². The van der Waals surface area contributed by atoms with E-state index in [9.17, 15) is 0 Å². The molecule has 0 fully saturated rings. The molecule has 0 spiro atoms. The topological polar surface area (TPSA) is 38.9 Å². The zero-order valence-corrected chi connectivity index (χ0v) is 9.77. The number of benzene rings is 2. The fraction of sp³-hybridized carbons (Fsp3) is 0.133. The third kappa shape index (κ3) is 1.72. The molecule has 0 atom stereocenters. The first-order chi connectivity index (χ1) is 8.26. The van der Waals surface area contributed by atoms with Crippen LogP contribution in [-0.2, 0) is 6.42 Å². The van der Waals surface area contributed by atoms with Gasteiger partial charge >= 0.3 is 0 Å². The van der Waals surface area contributed by atoms with E-state index >= 15 is 0 Å². The second-order valence-electron chi connectivity index (χ2n) is 4.32. The third-order valence-corrected chi connectivity index (χ3v) is 3.11. The maximum Gasteiger partial charge on any atom is 0.0730 e. The molecule has 17 heavy (non-hydrogen) atoms. The van der Waals surface area contributed by atoms with Crippen molar-refractivity contribution in [2.45, 2.75) is 13.3 Å².